The van der Waals surface area contributed by atoms with Gasteiger partial charge in [0.1, 0.15) is 0 Å². The fourth-order valence-corrected chi connectivity index (χ4v) is 0. The molecule has 0 heterocycles. The Kier molecular flexibility index (Phi) is 21.5. The summed E-state index contributed by atoms with van der Waals surface area (Å²) in [5.41, 5.74) is 0. The zero-order chi connectivity index (χ0) is 2.71. The first-order chi connectivity index (χ1) is 1.41. The van der Waals surface area contributed by atoms with Crippen molar-refractivity contribution in [3.63, 3.8) is 0 Å². The van der Waals surface area contributed by atoms with Crippen molar-refractivity contribution in [1.29, 1.82) is 0 Å². The Bertz CT molecular complexity index is 15.5. The molecule has 0 rings (SSSR count). The normalized spacial score (nSPS) is 3.50. The molecule has 1 nitrogen and oxygen atoms in total. The van der Waals surface area contributed by atoms with Crippen LogP contribution in [0.1, 0.15) is 0 Å². The second-order valence-electron chi connectivity index (χ2n) is 0.236. The first kappa shape index (κ1) is 9.58. The molecule has 0 fully saturated rings. The maximum absolute atomic E-state index is 8.89. The van der Waals surface area contributed by atoms with Gasteiger partial charge in [0.15, 0.2) is 0 Å². The third-order valence-electron chi connectivity index (χ3n) is 0. The summed E-state index contributed by atoms with van der Waals surface area (Å²) in [5.74, 6) is 0. The third kappa shape index (κ3) is 8.85. The number of rotatable bonds is 0. The van der Waals surface area contributed by atoms with Crippen molar-refractivity contribution in [2.24, 2.45) is 0 Å². The summed E-state index contributed by atoms with van der Waals surface area (Å²) >= 11 is 0.424. The number of carbonyl (C=O) groups excluding carboxylic acids is 1. The van der Waals surface area contributed by atoms with E-state index in [4.69, 9.17) is 4.79 Å². The molecule has 0 saturated carbocycles. The zero-order valence-corrected chi connectivity index (χ0v) is 5.11. The van der Waals surface area contributed by atoms with E-state index in [-0.39, 0.29) is 29.6 Å². The van der Waals surface area contributed by atoms with Gasteiger partial charge in [-0.3, -0.25) is 0 Å². The summed E-state index contributed by atoms with van der Waals surface area (Å²) < 4.78 is 0.938. The van der Waals surface area contributed by atoms with E-state index >= 15 is 0 Å². The van der Waals surface area contributed by atoms with Gasteiger partial charge in [-0.1, -0.05) is 0 Å². The van der Waals surface area contributed by atoms with Crippen molar-refractivity contribution in [1.82, 2.24) is 0 Å². The summed E-state index contributed by atoms with van der Waals surface area (Å²) in [6, 6.07) is 0. The molecule has 0 radical (unpaired) electrons. The van der Waals surface area contributed by atoms with E-state index in [9.17, 15) is 0 Å². The summed E-state index contributed by atoms with van der Waals surface area (Å²) in [7, 11) is 0. The summed E-state index contributed by atoms with van der Waals surface area (Å²) in [6.45, 7) is 0. The Labute approximate surface area is 81.4 Å². The molecule has 0 spiro atoms. The SMILES string of the molecule is O=[CH][K].[NaH]. The Balaban J connectivity index is 0. The van der Waals surface area contributed by atoms with Crippen LogP contribution in [0.3, 0.4) is 0 Å². The molecule has 0 aliphatic heterocycles. The van der Waals surface area contributed by atoms with Crippen LogP contribution in [0.4, 0.5) is 0 Å². The van der Waals surface area contributed by atoms with Gasteiger partial charge in [0.25, 0.3) is 0 Å². The van der Waals surface area contributed by atoms with E-state index in [0.29, 0.717) is 49.0 Å². The van der Waals surface area contributed by atoms with Gasteiger partial charge < -0.3 is 0 Å². The molecule has 0 aromatic heterocycles. The molecule has 0 aromatic carbocycles. The standard InChI is InChI=1S/CHO.K.Na.H/c1-2;;;/h1H;;;. The summed E-state index contributed by atoms with van der Waals surface area (Å²) in [6.07, 6.45) is 0. The van der Waals surface area contributed by atoms with E-state index in [1.807, 2.05) is 0 Å². The molecule has 0 saturated heterocycles. The van der Waals surface area contributed by atoms with Crippen LogP contribution in [0.15, 0.2) is 0 Å². The molecule has 0 aromatic rings. The van der Waals surface area contributed by atoms with Crippen molar-refractivity contribution >= 4 is 78.9 Å². The predicted molar refractivity (Wildman–Crippen MR) is 19.7 cm³/mol. The summed E-state index contributed by atoms with van der Waals surface area (Å²) in [5, 5.41) is 0. The first-order valence-corrected chi connectivity index (χ1v) is 2.62. The van der Waals surface area contributed by atoms with E-state index in [2.05, 4.69) is 0 Å². The number of hydrogen-bond donors (Lipinski definition) is 0. The molecule has 0 bridgehead atoms. The van der Waals surface area contributed by atoms with E-state index < -0.39 is 0 Å². The van der Waals surface area contributed by atoms with Crippen LogP contribution in [0.25, 0.3) is 0 Å². The third-order valence-corrected chi connectivity index (χ3v) is 0. The molecule has 0 N–H and O–H groups in total. The van der Waals surface area contributed by atoms with Crippen LogP contribution in [-0.4, -0.2) is 78.9 Å². The van der Waals surface area contributed by atoms with Crippen molar-refractivity contribution in [2.45, 2.75) is 0 Å². The average Bonchev–Trinajstić information content (AvgIpc) is 0.918. The fourth-order valence-electron chi connectivity index (χ4n) is 0. The van der Waals surface area contributed by atoms with Gasteiger partial charge in [0.2, 0.25) is 0 Å². The molecular formula is CH2KNaO. The monoisotopic (exact) mass is 92.0 g/mol. The van der Waals surface area contributed by atoms with Crippen molar-refractivity contribution in [2.75, 3.05) is 0 Å². The molecule has 14 valence electrons. The molecule has 4 heavy (non-hydrogen) atoms. The number of hydrogen-bond acceptors (Lipinski definition) is 1. The van der Waals surface area contributed by atoms with Gasteiger partial charge in [-0.2, -0.15) is 0 Å². The minimum absolute atomic E-state index is 0. The van der Waals surface area contributed by atoms with Crippen molar-refractivity contribution in [3.8, 4) is 0 Å². The van der Waals surface area contributed by atoms with E-state index in [0.717, 1.165) is 0.381 Å². The second-order valence-corrected chi connectivity index (χ2v) is 0.972. The Hall–Kier alpha value is 2.31. The van der Waals surface area contributed by atoms with Crippen LogP contribution in [0, 0.1) is 0 Å². The van der Waals surface area contributed by atoms with E-state index in [1.54, 1.807) is 0 Å². The van der Waals surface area contributed by atoms with Gasteiger partial charge in [-0.15, -0.1) is 0 Å². The van der Waals surface area contributed by atoms with Crippen molar-refractivity contribution in [3.05, 3.63) is 0 Å². The van der Waals surface area contributed by atoms with Gasteiger partial charge in [-0.05, 0) is 0 Å². The maximum atomic E-state index is 8.89. The Morgan fingerprint density at radius 1 is 1.75 bits per heavy atom. The molecule has 3 heteroatoms. The van der Waals surface area contributed by atoms with Gasteiger partial charge >= 0.3 is 83.7 Å². The van der Waals surface area contributed by atoms with Gasteiger partial charge in [0.05, 0.1) is 0 Å². The quantitative estimate of drug-likeness (QED) is 0.268. The minimum atomic E-state index is 0. The van der Waals surface area contributed by atoms with Crippen LogP contribution >= 0.6 is 0 Å². The topological polar surface area (TPSA) is 17.1 Å². The van der Waals surface area contributed by atoms with E-state index in [1.165, 1.54) is 0 Å². The van der Waals surface area contributed by atoms with Crippen LogP contribution in [-0.2, 0) is 4.79 Å². The molecule has 0 aliphatic rings. The Morgan fingerprint density at radius 3 is 1.75 bits per heavy atom. The fraction of sp³-hybridized carbons (Fsp3) is 0. The average molecular weight is 92.1 g/mol. The molecule has 0 unspecified atom stereocenters. The second kappa shape index (κ2) is 9.00. The molecule has 0 amide bonds. The zero-order valence-electron chi connectivity index (χ0n) is 1.99. The van der Waals surface area contributed by atoms with Gasteiger partial charge in [-0.25, -0.2) is 0 Å². The first-order valence-electron chi connectivity index (χ1n) is 0.813. The molecular weight excluding hydrogens is 90.1 g/mol. The van der Waals surface area contributed by atoms with Crippen molar-refractivity contribution < 1.29 is 4.79 Å². The summed E-state index contributed by atoms with van der Waals surface area (Å²) in [4.78, 5) is 8.89. The van der Waals surface area contributed by atoms with Crippen LogP contribution in [0.5, 0.6) is 0 Å². The Morgan fingerprint density at radius 2 is 1.75 bits per heavy atom. The van der Waals surface area contributed by atoms with Crippen LogP contribution < -0.4 is 0 Å². The van der Waals surface area contributed by atoms with Crippen LogP contribution in [0.2, 0.25) is 0 Å². The number of carbonyl (C=O) groups is 1. The van der Waals surface area contributed by atoms with Gasteiger partial charge in [0, 0.05) is 0 Å². The molecule has 0 aliphatic carbocycles. The predicted octanol–water partition coefficient (Wildman–Crippen LogP) is -1.30. The molecule has 0 atom stereocenters.